The molecule has 1 aromatic carbocycles. The zero-order valence-corrected chi connectivity index (χ0v) is 11.6. The van der Waals surface area contributed by atoms with Gasteiger partial charge in [0.05, 0.1) is 11.4 Å². The lowest BCUT2D eigenvalue weighted by Gasteiger charge is -2.27. The Labute approximate surface area is 104 Å². The van der Waals surface area contributed by atoms with E-state index in [9.17, 15) is 8.42 Å². The summed E-state index contributed by atoms with van der Waals surface area (Å²) >= 11 is 2.28. The van der Waals surface area contributed by atoms with Gasteiger partial charge in [0.2, 0.25) is 10.0 Å². The van der Waals surface area contributed by atoms with E-state index in [4.69, 9.17) is 0 Å². The smallest absolute Gasteiger partial charge is 0.235 e. The van der Waals surface area contributed by atoms with Gasteiger partial charge < -0.3 is 0 Å². The molecular formula is C10H12INO2S. The van der Waals surface area contributed by atoms with Gasteiger partial charge in [-0.1, -0.05) is 0 Å². The molecule has 2 rings (SSSR count). The van der Waals surface area contributed by atoms with Crippen molar-refractivity contribution in [2.24, 2.45) is 0 Å². The van der Waals surface area contributed by atoms with Crippen LogP contribution in [0.2, 0.25) is 0 Å². The molecule has 0 aliphatic carbocycles. The molecule has 3 nitrogen and oxygen atoms in total. The maximum atomic E-state index is 11.7. The first-order chi connectivity index (χ1) is 6.92. The summed E-state index contributed by atoms with van der Waals surface area (Å²) in [5.74, 6) is 0.218. The minimum Gasteiger partial charge on any atom is -0.273 e. The molecule has 82 valence electrons. The molecule has 0 amide bonds. The summed E-state index contributed by atoms with van der Waals surface area (Å²) in [5.41, 5.74) is 3.08. The molecule has 15 heavy (non-hydrogen) atoms. The average Bonchev–Trinajstić information content (AvgIpc) is 2.16. The second kappa shape index (κ2) is 3.62. The second-order valence-corrected chi connectivity index (χ2v) is 7.05. The quantitative estimate of drug-likeness (QED) is 0.679. The van der Waals surface area contributed by atoms with Crippen molar-refractivity contribution in [1.29, 1.82) is 0 Å². The predicted molar refractivity (Wildman–Crippen MR) is 69.8 cm³/mol. The molecule has 0 bridgehead atoms. The predicted octanol–water partition coefficient (Wildman–Crippen LogP) is 1.92. The number of sulfonamides is 1. The summed E-state index contributed by atoms with van der Waals surface area (Å²) in [5, 5.41) is 0. The van der Waals surface area contributed by atoms with Crippen LogP contribution in [0.15, 0.2) is 12.1 Å². The van der Waals surface area contributed by atoms with Crippen LogP contribution in [-0.2, 0) is 16.4 Å². The van der Waals surface area contributed by atoms with E-state index in [2.05, 4.69) is 28.7 Å². The normalized spacial score (nSPS) is 18.7. The molecule has 5 heteroatoms. The molecule has 1 aliphatic heterocycles. The standard InChI is InChI=1S/C10H12INO2S/c1-7-5-10-8(6-9(7)11)3-4-15(13,14)12(10)2/h5-6H,3-4H2,1-2H3. The maximum absolute atomic E-state index is 11.7. The number of aryl methyl sites for hydroxylation is 2. The van der Waals surface area contributed by atoms with Crippen molar-refractivity contribution in [1.82, 2.24) is 0 Å². The number of hydrogen-bond donors (Lipinski definition) is 0. The van der Waals surface area contributed by atoms with E-state index in [-0.39, 0.29) is 5.75 Å². The van der Waals surface area contributed by atoms with E-state index in [0.29, 0.717) is 6.42 Å². The molecule has 0 saturated heterocycles. The molecular weight excluding hydrogens is 325 g/mol. The van der Waals surface area contributed by atoms with Crippen LogP contribution >= 0.6 is 22.6 Å². The summed E-state index contributed by atoms with van der Waals surface area (Å²) in [6.07, 6.45) is 0.623. The molecule has 0 saturated carbocycles. The molecule has 0 N–H and O–H groups in total. The van der Waals surface area contributed by atoms with Crippen LogP contribution in [0.4, 0.5) is 5.69 Å². The summed E-state index contributed by atoms with van der Waals surface area (Å²) in [7, 11) is -1.45. The highest BCUT2D eigenvalue weighted by Gasteiger charge is 2.26. The van der Waals surface area contributed by atoms with Crippen molar-refractivity contribution in [3.05, 3.63) is 26.8 Å². The van der Waals surface area contributed by atoms with E-state index in [1.54, 1.807) is 7.05 Å². The Kier molecular flexibility index (Phi) is 2.70. The molecule has 0 radical (unpaired) electrons. The summed E-state index contributed by atoms with van der Waals surface area (Å²) in [6.45, 7) is 2.00. The SMILES string of the molecule is Cc1cc2c(cc1I)CCS(=O)(=O)N2C. The Bertz CT molecular complexity index is 510. The fourth-order valence-corrected chi connectivity index (χ4v) is 3.48. The summed E-state index contributed by atoms with van der Waals surface area (Å²) < 4.78 is 25.9. The zero-order chi connectivity index (χ0) is 11.2. The number of halogens is 1. The van der Waals surface area contributed by atoms with Gasteiger partial charge in [0.25, 0.3) is 0 Å². The van der Waals surface area contributed by atoms with Gasteiger partial charge in [-0.3, -0.25) is 4.31 Å². The molecule has 0 atom stereocenters. The highest BCUT2D eigenvalue weighted by molar-refractivity contribution is 14.1. The van der Waals surface area contributed by atoms with Crippen LogP contribution in [0.5, 0.6) is 0 Å². The average molecular weight is 337 g/mol. The van der Waals surface area contributed by atoms with Gasteiger partial charge in [0.15, 0.2) is 0 Å². The van der Waals surface area contributed by atoms with Gasteiger partial charge in [-0.05, 0) is 59.2 Å². The summed E-state index contributed by atoms with van der Waals surface area (Å²) in [4.78, 5) is 0. The van der Waals surface area contributed by atoms with Crippen molar-refractivity contribution in [3.8, 4) is 0 Å². The molecule has 1 aromatic rings. The van der Waals surface area contributed by atoms with Crippen LogP contribution in [0, 0.1) is 10.5 Å². The lowest BCUT2D eigenvalue weighted by atomic mass is 10.1. The van der Waals surface area contributed by atoms with Crippen molar-refractivity contribution >= 4 is 38.3 Å². The zero-order valence-electron chi connectivity index (χ0n) is 8.62. The van der Waals surface area contributed by atoms with E-state index in [1.807, 2.05) is 13.0 Å². The van der Waals surface area contributed by atoms with Crippen LogP contribution in [-0.4, -0.2) is 21.2 Å². The van der Waals surface area contributed by atoms with Gasteiger partial charge in [0.1, 0.15) is 0 Å². The number of rotatable bonds is 0. The lowest BCUT2D eigenvalue weighted by Crippen LogP contribution is -2.34. The molecule has 0 fully saturated rings. The highest BCUT2D eigenvalue weighted by atomic mass is 127. The third-order valence-electron chi connectivity index (χ3n) is 2.75. The third-order valence-corrected chi connectivity index (χ3v) is 5.66. The van der Waals surface area contributed by atoms with Gasteiger partial charge in [-0.25, -0.2) is 8.42 Å². The van der Waals surface area contributed by atoms with Gasteiger partial charge >= 0.3 is 0 Å². The van der Waals surface area contributed by atoms with Crippen LogP contribution < -0.4 is 4.31 Å². The fraction of sp³-hybridized carbons (Fsp3) is 0.400. The van der Waals surface area contributed by atoms with E-state index >= 15 is 0 Å². The van der Waals surface area contributed by atoms with Crippen LogP contribution in [0.25, 0.3) is 0 Å². The van der Waals surface area contributed by atoms with Crippen molar-refractivity contribution in [3.63, 3.8) is 0 Å². The number of benzene rings is 1. The number of hydrogen-bond acceptors (Lipinski definition) is 2. The minimum atomic E-state index is -3.07. The Morgan fingerprint density at radius 2 is 2.07 bits per heavy atom. The first kappa shape index (κ1) is 11.2. The van der Waals surface area contributed by atoms with Gasteiger partial charge in [0, 0.05) is 10.6 Å². The third kappa shape index (κ3) is 1.87. The van der Waals surface area contributed by atoms with Crippen molar-refractivity contribution in [2.45, 2.75) is 13.3 Å². The molecule has 1 aliphatic rings. The fourth-order valence-electron chi connectivity index (χ4n) is 1.73. The largest absolute Gasteiger partial charge is 0.273 e. The van der Waals surface area contributed by atoms with E-state index in [1.165, 1.54) is 7.88 Å². The van der Waals surface area contributed by atoms with E-state index < -0.39 is 10.0 Å². The molecule has 1 heterocycles. The van der Waals surface area contributed by atoms with Crippen molar-refractivity contribution < 1.29 is 8.42 Å². The molecule has 0 aromatic heterocycles. The summed E-state index contributed by atoms with van der Waals surface area (Å²) in [6, 6.07) is 4.03. The van der Waals surface area contributed by atoms with E-state index in [0.717, 1.165) is 16.8 Å². The number of nitrogens with zero attached hydrogens (tertiary/aromatic N) is 1. The lowest BCUT2D eigenvalue weighted by molar-refractivity contribution is 0.591. The number of anilines is 1. The molecule has 0 spiro atoms. The Balaban J connectivity index is 2.62. The monoisotopic (exact) mass is 337 g/mol. The van der Waals surface area contributed by atoms with Crippen LogP contribution in [0.1, 0.15) is 11.1 Å². The topological polar surface area (TPSA) is 37.4 Å². The van der Waals surface area contributed by atoms with Gasteiger partial charge in [-0.2, -0.15) is 0 Å². The minimum absolute atomic E-state index is 0.218. The highest BCUT2D eigenvalue weighted by Crippen LogP contribution is 2.31. The van der Waals surface area contributed by atoms with Crippen molar-refractivity contribution in [2.75, 3.05) is 17.1 Å². The van der Waals surface area contributed by atoms with Crippen LogP contribution in [0.3, 0.4) is 0 Å². The Morgan fingerprint density at radius 3 is 2.73 bits per heavy atom. The first-order valence-corrected chi connectivity index (χ1v) is 7.36. The Morgan fingerprint density at radius 1 is 1.40 bits per heavy atom. The number of fused-ring (bicyclic) bond motifs is 1. The Hall–Kier alpha value is -0.300. The maximum Gasteiger partial charge on any atom is 0.235 e. The second-order valence-electron chi connectivity index (χ2n) is 3.76. The van der Waals surface area contributed by atoms with Gasteiger partial charge in [-0.15, -0.1) is 0 Å². The first-order valence-electron chi connectivity index (χ1n) is 4.67. The molecule has 0 unspecified atom stereocenters.